The van der Waals surface area contributed by atoms with Crippen LogP contribution >= 0.6 is 0 Å². The number of amides is 1. The molecular weight excluding hydrogens is 250 g/mol. The van der Waals surface area contributed by atoms with Crippen molar-refractivity contribution in [2.75, 3.05) is 13.1 Å². The Kier molecular flexibility index (Phi) is 5.88. The minimum atomic E-state index is -0.219. The summed E-state index contributed by atoms with van der Waals surface area (Å²) in [6.45, 7) is 5.79. The van der Waals surface area contributed by atoms with Crippen LogP contribution < -0.4 is 0 Å². The first kappa shape index (κ1) is 15.8. The Morgan fingerprint density at radius 1 is 1.20 bits per heavy atom. The van der Waals surface area contributed by atoms with E-state index in [1.165, 1.54) is 32.1 Å². The van der Waals surface area contributed by atoms with Crippen LogP contribution in [0.1, 0.15) is 65.2 Å². The lowest BCUT2D eigenvalue weighted by Crippen LogP contribution is -2.47. The van der Waals surface area contributed by atoms with Gasteiger partial charge in [0.05, 0.1) is 6.10 Å². The number of aliphatic hydroxyl groups excluding tert-OH is 1. The largest absolute Gasteiger partial charge is 0.393 e. The van der Waals surface area contributed by atoms with Gasteiger partial charge in [-0.15, -0.1) is 0 Å². The van der Waals surface area contributed by atoms with Gasteiger partial charge >= 0.3 is 0 Å². The lowest BCUT2D eigenvalue weighted by Gasteiger charge is -2.38. The van der Waals surface area contributed by atoms with Crippen molar-refractivity contribution in [1.82, 2.24) is 4.90 Å². The second-order valence-electron chi connectivity index (χ2n) is 6.98. The van der Waals surface area contributed by atoms with Gasteiger partial charge < -0.3 is 10.0 Å². The van der Waals surface area contributed by atoms with Crippen molar-refractivity contribution in [3.05, 3.63) is 0 Å². The Bertz CT molecular complexity index is 310. The molecule has 0 aromatic rings. The fourth-order valence-corrected chi connectivity index (χ4v) is 3.78. The van der Waals surface area contributed by atoms with Crippen LogP contribution in [0, 0.1) is 17.8 Å². The summed E-state index contributed by atoms with van der Waals surface area (Å²) in [6, 6.07) is 0. The molecule has 0 spiro atoms. The maximum atomic E-state index is 12.6. The molecule has 1 aliphatic carbocycles. The molecule has 2 atom stereocenters. The summed E-state index contributed by atoms with van der Waals surface area (Å²) in [7, 11) is 0. The fraction of sp³-hybridized carbons (Fsp3) is 0.941. The fourth-order valence-electron chi connectivity index (χ4n) is 3.78. The summed E-state index contributed by atoms with van der Waals surface area (Å²) in [5.74, 6) is 1.71. The third-order valence-corrected chi connectivity index (χ3v) is 5.33. The minimum Gasteiger partial charge on any atom is -0.393 e. The van der Waals surface area contributed by atoms with Gasteiger partial charge in [0.25, 0.3) is 0 Å². The van der Waals surface area contributed by atoms with Crippen LogP contribution in [-0.2, 0) is 4.79 Å². The number of piperidine rings is 1. The smallest absolute Gasteiger partial charge is 0.225 e. The molecule has 2 fully saturated rings. The van der Waals surface area contributed by atoms with Crippen molar-refractivity contribution in [1.29, 1.82) is 0 Å². The molecule has 1 N–H and O–H groups in total. The summed E-state index contributed by atoms with van der Waals surface area (Å²) in [5, 5.41) is 9.77. The van der Waals surface area contributed by atoms with Crippen molar-refractivity contribution in [3.63, 3.8) is 0 Å². The zero-order chi connectivity index (χ0) is 14.5. The molecule has 1 saturated carbocycles. The highest BCUT2D eigenvalue weighted by atomic mass is 16.3. The van der Waals surface area contributed by atoms with E-state index in [1.807, 2.05) is 11.8 Å². The molecule has 0 radical (unpaired) electrons. The number of hydrogen-bond acceptors (Lipinski definition) is 2. The lowest BCUT2D eigenvalue weighted by atomic mass is 9.79. The first-order chi connectivity index (χ1) is 9.61. The maximum Gasteiger partial charge on any atom is 0.225 e. The molecular formula is C17H31NO2. The predicted octanol–water partition coefficient (Wildman–Crippen LogP) is 3.21. The SMILES string of the molecule is CCCCC1CCC(C(=O)N2CCC(O)C(C)C2)CC1. The van der Waals surface area contributed by atoms with Crippen molar-refractivity contribution < 1.29 is 9.90 Å². The number of hydrogen-bond donors (Lipinski definition) is 1. The van der Waals surface area contributed by atoms with Crippen molar-refractivity contribution in [3.8, 4) is 0 Å². The molecule has 3 nitrogen and oxygen atoms in total. The molecule has 1 saturated heterocycles. The average Bonchev–Trinajstić information content (AvgIpc) is 2.48. The summed E-state index contributed by atoms with van der Waals surface area (Å²) < 4.78 is 0. The van der Waals surface area contributed by atoms with Crippen LogP contribution in [0.3, 0.4) is 0 Å². The van der Waals surface area contributed by atoms with Gasteiger partial charge in [-0.1, -0.05) is 33.1 Å². The van der Waals surface area contributed by atoms with E-state index in [1.54, 1.807) is 0 Å². The van der Waals surface area contributed by atoms with Crippen LogP contribution in [0.4, 0.5) is 0 Å². The van der Waals surface area contributed by atoms with Crippen LogP contribution in [0.2, 0.25) is 0 Å². The Labute approximate surface area is 123 Å². The van der Waals surface area contributed by atoms with Crippen molar-refractivity contribution in [2.45, 2.75) is 71.3 Å². The molecule has 1 aliphatic heterocycles. The molecule has 1 amide bonds. The monoisotopic (exact) mass is 281 g/mol. The van der Waals surface area contributed by atoms with Gasteiger partial charge in [-0.05, 0) is 43.9 Å². The molecule has 2 rings (SSSR count). The maximum absolute atomic E-state index is 12.6. The third kappa shape index (κ3) is 3.97. The highest BCUT2D eigenvalue weighted by molar-refractivity contribution is 5.79. The van der Waals surface area contributed by atoms with E-state index in [2.05, 4.69) is 6.92 Å². The Balaban J connectivity index is 1.77. The highest BCUT2D eigenvalue weighted by Crippen LogP contribution is 2.33. The van der Waals surface area contributed by atoms with E-state index < -0.39 is 0 Å². The Morgan fingerprint density at radius 2 is 1.90 bits per heavy atom. The first-order valence-corrected chi connectivity index (χ1v) is 8.58. The predicted molar refractivity (Wildman–Crippen MR) is 81.3 cm³/mol. The number of carbonyl (C=O) groups excluding carboxylic acids is 1. The number of aliphatic hydroxyl groups is 1. The topological polar surface area (TPSA) is 40.5 Å². The standard InChI is InChI=1S/C17H31NO2/c1-3-4-5-14-6-8-15(9-7-14)17(20)18-11-10-16(19)13(2)12-18/h13-16,19H,3-12H2,1-2H3. The molecule has 1 heterocycles. The summed E-state index contributed by atoms with van der Waals surface area (Å²) in [5.41, 5.74) is 0. The van der Waals surface area contributed by atoms with Gasteiger partial charge in [-0.25, -0.2) is 0 Å². The Morgan fingerprint density at radius 3 is 2.50 bits per heavy atom. The third-order valence-electron chi connectivity index (χ3n) is 5.33. The zero-order valence-electron chi connectivity index (χ0n) is 13.2. The van der Waals surface area contributed by atoms with Crippen LogP contribution in [0.15, 0.2) is 0 Å². The van der Waals surface area contributed by atoms with E-state index in [0.717, 1.165) is 38.3 Å². The van der Waals surface area contributed by atoms with Crippen LogP contribution in [0.5, 0.6) is 0 Å². The average molecular weight is 281 g/mol. The molecule has 2 unspecified atom stereocenters. The van der Waals surface area contributed by atoms with E-state index in [9.17, 15) is 9.90 Å². The van der Waals surface area contributed by atoms with Crippen molar-refractivity contribution >= 4 is 5.91 Å². The highest BCUT2D eigenvalue weighted by Gasteiger charge is 2.33. The molecule has 3 heteroatoms. The molecule has 20 heavy (non-hydrogen) atoms. The van der Waals surface area contributed by atoms with Gasteiger partial charge in [0.15, 0.2) is 0 Å². The van der Waals surface area contributed by atoms with Gasteiger partial charge in [0.1, 0.15) is 0 Å². The van der Waals surface area contributed by atoms with E-state index in [0.29, 0.717) is 5.91 Å². The van der Waals surface area contributed by atoms with Gasteiger partial charge in [0.2, 0.25) is 5.91 Å². The van der Waals surface area contributed by atoms with Crippen LogP contribution in [0.25, 0.3) is 0 Å². The summed E-state index contributed by atoms with van der Waals surface area (Å²) >= 11 is 0. The first-order valence-electron chi connectivity index (χ1n) is 8.58. The normalized spacial score (nSPS) is 35.0. The molecule has 0 bridgehead atoms. The van der Waals surface area contributed by atoms with E-state index in [-0.39, 0.29) is 17.9 Å². The number of rotatable bonds is 4. The minimum absolute atomic E-state index is 0.219. The number of carbonyl (C=O) groups is 1. The van der Waals surface area contributed by atoms with Crippen molar-refractivity contribution in [2.24, 2.45) is 17.8 Å². The molecule has 2 aliphatic rings. The van der Waals surface area contributed by atoms with Crippen LogP contribution in [-0.4, -0.2) is 35.1 Å². The number of likely N-dealkylation sites (tertiary alicyclic amines) is 1. The summed E-state index contributed by atoms with van der Waals surface area (Å²) in [6.07, 6.45) is 9.15. The molecule has 0 aromatic carbocycles. The lowest BCUT2D eigenvalue weighted by molar-refractivity contribution is -0.140. The van der Waals surface area contributed by atoms with E-state index in [4.69, 9.17) is 0 Å². The van der Waals surface area contributed by atoms with Gasteiger partial charge in [-0.2, -0.15) is 0 Å². The quantitative estimate of drug-likeness (QED) is 0.859. The zero-order valence-corrected chi connectivity index (χ0v) is 13.2. The van der Waals surface area contributed by atoms with Gasteiger partial charge in [0, 0.05) is 19.0 Å². The molecule has 116 valence electrons. The van der Waals surface area contributed by atoms with Gasteiger partial charge in [-0.3, -0.25) is 4.79 Å². The number of nitrogens with zero attached hydrogens (tertiary/aromatic N) is 1. The number of unbranched alkanes of at least 4 members (excludes halogenated alkanes) is 1. The second kappa shape index (κ2) is 7.44. The molecule has 0 aromatic heterocycles. The second-order valence-corrected chi connectivity index (χ2v) is 6.98. The Hall–Kier alpha value is -0.570. The van der Waals surface area contributed by atoms with E-state index >= 15 is 0 Å². The summed E-state index contributed by atoms with van der Waals surface area (Å²) in [4.78, 5) is 14.6.